The lowest BCUT2D eigenvalue weighted by molar-refractivity contribution is 0.0989. The van der Waals surface area contributed by atoms with Gasteiger partial charge in [0.25, 0.3) is 15.9 Å². The van der Waals surface area contributed by atoms with Crippen molar-refractivity contribution in [2.45, 2.75) is 25.7 Å². The van der Waals surface area contributed by atoms with E-state index in [0.717, 1.165) is 11.1 Å². The van der Waals surface area contributed by atoms with Gasteiger partial charge in [0.1, 0.15) is 0 Å². The zero-order valence-electron chi connectivity index (χ0n) is 16.6. The van der Waals surface area contributed by atoms with Crippen molar-refractivity contribution in [1.29, 1.82) is 0 Å². The minimum absolute atomic E-state index is 0.183. The Hall–Kier alpha value is -3.12. The van der Waals surface area contributed by atoms with Gasteiger partial charge in [-0.25, -0.2) is 12.7 Å². The van der Waals surface area contributed by atoms with E-state index in [-0.39, 0.29) is 10.8 Å². The van der Waals surface area contributed by atoms with Crippen molar-refractivity contribution in [3.05, 3.63) is 83.4 Å². The van der Waals surface area contributed by atoms with E-state index in [1.807, 2.05) is 39.0 Å². The summed E-state index contributed by atoms with van der Waals surface area (Å²) in [6.07, 6.45) is 0. The van der Waals surface area contributed by atoms with Crippen LogP contribution in [0.25, 0.3) is 0 Å². The maximum Gasteiger partial charge on any atom is 0.268 e. The highest BCUT2D eigenvalue weighted by atomic mass is 32.2. The van der Waals surface area contributed by atoms with E-state index in [1.165, 1.54) is 4.31 Å². The zero-order valence-corrected chi connectivity index (χ0v) is 17.4. The van der Waals surface area contributed by atoms with Gasteiger partial charge in [0.2, 0.25) is 0 Å². The molecule has 0 unspecified atom stereocenters. The van der Waals surface area contributed by atoms with Crippen LogP contribution in [0.15, 0.2) is 71.6 Å². The van der Waals surface area contributed by atoms with Crippen LogP contribution in [0.1, 0.15) is 28.4 Å². The lowest BCUT2D eigenvalue weighted by atomic mass is 10.1. The zero-order chi connectivity index (χ0) is 20.8. The van der Waals surface area contributed by atoms with Gasteiger partial charge in [-0.05, 0) is 62.7 Å². The van der Waals surface area contributed by atoms with Crippen LogP contribution in [0, 0.1) is 13.8 Å². The predicted octanol–water partition coefficient (Wildman–Crippen LogP) is 4.81. The Morgan fingerprint density at radius 3 is 2.14 bits per heavy atom. The van der Waals surface area contributed by atoms with Gasteiger partial charge < -0.3 is 4.90 Å². The van der Waals surface area contributed by atoms with Gasteiger partial charge in [0, 0.05) is 6.54 Å². The largest absolute Gasteiger partial charge is 0.306 e. The molecule has 0 saturated carbocycles. The number of anilines is 3. The van der Waals surface area contributed by atoms with E-state index in [4.69, 9.17) is 0 Å². The molecule has 5 nitrogen and oxygen atoms in total. The van der Waals surface area contributed by atoms with Crippen LogP contribution >= 0.6 is 0 Å². The molecule has 1 heterocycles. The Kier molecular flexibility index (Phi) is 4.67. The summed E-state index contributed by atoms with van der Waals surface area (Å²) in [4.78, 5) is 15.1. The number of carbonyl (C=O) groups excluding carboxylic acids is 1. The molecule has 6 heteroatoms. The van der Waals surface area contributed by atoms with E-state index >= 15 is 0 Å². The molecule has 1 aliphatic rings. The van der Waals surface area contributed by atoms with Crippen LogP contribution in [0.3, 0.4) is 0 Å². The SMILES string of the molecule is CCN1C(=O)c2ccccc2N(S(=O)(=O)c2ccc(C)cc2)c2cc(C)ccc21. The van der Waals surface area contributed by atoms with E-state index in [0.29, 0.717) is 29.2 Å². The Morgan fingerprint density at radius 1 is 0.793 bits per heavy atom. The first-order valence-electron chi connectivity index (χ1n) is 9.48. The molecule has 0 saturated heterocycles. The number of aryl methyl sites for hydroxylation is 2. The molecule has 29 heavy (non-hydrogen) atoms. The summed E-state index contributed by atoms with van der Waals surface area (Å²) in [7, 11) is -3.95. The quantitative estimate of drug-likeness (QED) is 0.627. The molecule has 3 aromatic rings. The number of nitrogens with zero attached hydrogens (tertiary/aromatic N) is 2. The van der Waals surface area contributed by atoms with Crippen molar-refractivity contribution in [3.63, 3.8) is 0 Å². The second kappa shape index (κ2) is 7.04. The number of para-hydroxylation sites is 1. The van der Waals surface area contributed by atoms with Gasteiger partial charge in [-0.15, -0.1) is 0 Å². The summed E-state index contributed by atoms with van der Waals surface area (Å²) in [5.41, 5.74) is 3.67. The Labute approximate surface area is 171 Å². The van der Waals surface area contributed by atoms with Gasteiger partial charge in [-0.2, -0.15) is 0 Å². The van der Waals surface area contributed by atoms with E-state index in [1.54, 1.807) is 53.4 Å². The third kappa shape index (κ3) is 3.09. The van der Waals surface area contributed by atoms with Crippen LogP contribution in [0.2, 0.25) is 0 Å². The fourth-order valence-electron chi connectivity index (χ4n) is 3.63. The van der Waals surface area contributed by atoms with Gasteiger partial charge in [0.05, 0.1) is 27.5 Å². The first-order chi connectivity index (χ1) is 13.8. The highest BCUT2D eigenvalue weighted by molar-refractivity contribution is 7.93. The molecule has 1 aliphatic heterocycles. The minimum Gasteiger partial charge on any atom is -0.306 e. The second-order valence-corrected chi connectivity index (χ2v) is 8.93. The molecule has 0 atom stereocenters. The Bertz CT molecular complexity index is 1200. The summed E-state index contributed by atoms with van der Waals surface area (Å²) in [6.45, 7) is 6.13. The summed E-state index contributed by atoms with van der Waals surface area (Å²) in [6, 6.07) is 19.1. The first-order valence-corrected chi connectivity index (χ1v) is 10.9. The second-order valence-electron chi connectivity index (χ2n) is 7.14. The molecule has 0 fully saturated rings. The van der Waals surface area contributed by atoms with Crippen LogP contribution in [-0.2, 0) is 10.0 Å². The maximum absolute atomic E-state index is 13.8. The predicted molar refractivity (Wildman–Crippen MR) is 115 cm³/mol. The van der Waals surface area contributed by atoms with Crippen LogP contribution in [0.5, 0.6) is 0 Å². The molecular weight excluding hydrogens is 384 g/mol. The van der Waals surface area contributed by atoms with Crippen molar-refractivity contribution in [2.24, 2.45) is 0 Å². The molecule has 0 bridgehead atoms. The number of benzene rings is 3. The van der Waals surface area contributed by atoms with Crippen molar-refractivity contribution in [2.75, 3.05) is 15.7 Å². The highest BCUT2D eigenvalue weighted by Gasteiger charge is 2.36. The summed E-state index contributed by atoms with van der Waals surface area (Å²) < 4.78 is 28.9. The summed E-state index contributed by atoms with van der Waals surface area (Å²) in [5.74, 6) is -0.213. The molecule has 148 valence electrons. The highest BCUT2D eigenvalue weighted by Crippen LogP contribution is 2.44. The minimum atomic E-state index is -3.95. The molecule has 3 aromatic carbocycles. The lowest BCUT2D eigenvalue weighted by Gasteiger charge is -2.27. The average Bonchev–Trinajstić information content (AvgIpc) is 2.80. The number of carbonyl (C=O) groups is 1. The molecule has 0 spiro atoms. The Balaban J connectivity index is 2.07. The van der Waals surface area contributed by atoms with Crippen LogP contribution < -0.4 is 9.21 Å². The molecule has 0 N–H and O–H groups in total. The van der Waals surface area contributed by atoms with Crippen molar-refractivity contribution < 1.29 is 13.2 Å². The topological polar surface area (TPSA) is 57.7 Å². The third-order valence-electron chi connectivity index (χ3n) is 5.11. The maximum atomic E-state index is 13.8. The van der Waals surface area contributed by atoms with Gasteiger partial charge in [-0.3, -0.25) is 4.79 Å². The number of hydrogen-bond donors (Lipinski definition) is 0. The molecule has 0 aliphatic carbocycles. The van der Waals surface area contributed by atoms with Crippen molar-refractivity contribution >= 4 is 33.0 Å². The van der Waals surface area contributed by atoms with Crippen LogP contribution in [-0.4, -0.2) is 20.9 Å². The summed E-state index contributed by atoms with van der Waals surface area (Å²) >= 11 is 0. The monoisotopic (exact) mass is 406 g/mol. The summed E-state index contributed by atoms with van der Waals surface area (Å²) in [5, 5.41) is 0. The average molecular weight is 407 g/mol. The Morgan fingerprint density at radius 2 is 1.45 bits per heavy atom. The van der Waals surface area contributed by atoms with Crippen LogP contribution in [0.4, 0.5) is 17.1 Å². The van der Waals surface area contributed by atoms with Crippen molar-refractivity contribution in [1.82, 2.24) is 0 Å². The van der Waals surface area contributed by atoms with E-state index in [9.17, 15) is 13.2 Å². The molecule has 4 rings (SSSR count). The number of hydrogen-bond acceptors (Lipinski definition) is 3. The van der Waals surface area contributed by atoms with Crippen molar-refractivity contribution in [3.8, 4) is 0 Å². The van der Waals surface area contributed by atoms with Gasteiger partial charge in [-0.1, -0.05) is 35.9 Å². The molecule has 0 aromatic heterocycles. The lowest BCUT2D eigenvalue weighted by Crippen LogP contribution is -2.29. The van der Waals surface area contributed by atoms with Gasteiger partial charge >= 0.3 is 0 Å². The number of sulfonamides is 1. The number of rotatable bonds is 3. The van der Waals surface area contributed by atoms with E-state index < -0.39 is 10.0 Å². The smallest absolute Gasteiger partial charge is 0.268 e. The van der Waals surface area contributed by atoms with E-state index in [2.05, 4.69) is 0 Å². The normalized spacial score (nSPS) is 13.7. The molecule has 1 amide bonds. The van der Waals surface area contributed by atoms with Gasteiger partial charge in [0.15, 0.2) is 0 Å². The number of fused-ring (bicyclic) bond motifs is 2. The fraction of sp³-hybridized carbons (Fsp3) is 0.174. The molecular formula is C23H22N2O3S. The number of amides is 1. The first kappa shape index (κ1) is 19.2. The fourth-order valence-corrected chi connectivity index (χ4v) is 5.14. The molecule has 0 radical (unpaired) electrons. The standard InChI is InChI=1S/C23H22N2O3S/c1-4-24-21-14-11-17(3)15-22(21)25(20-8-6-5-7-19(20)23(24)26)29(27,28)18-12-9-16(2)10-13-18/h5-15H,4H2,1-3H3. The third-order valence-corrected chi connectivity index (χ3v) is 6.86.